The highest BCUT2D eigenvalue weighted by Crippen LogP contribution is 2.24. The van der Waals surface area contributed by atoms with Gasteiger partial charge in [0.25, 0.3) is 0 Å². The summed E-state index contributed by atoms with van der Waals surface area (Å²) in [6.07, 6.45) is 2.49. The Morgan fingerprint density at radius 3 is 3.05 bits per heavy atom. The molecule has 2 amide bonds. The van der Waals surface area contributed by atoms with Crippen LogP contribution >= 0.6 is 11.3 Å². The second-order valence-corrected chi connectivity index (χ2v) is 6.31. The molecule has 0 N–H and O–H groups in total. The third kappa shape index (κ3) is 3.44. The third-order valence-corrected chi connectivity index (χ3v) is 4.78. The van der Waals surface area contributed by atoms with E-state index < -0.39 is 0 Å². The molecule has 1 unspecified atom stereocenters. The van der Waals surface area contributed by atoms with Gasteiger partial charge in [-0.3, -0.25) is 9.59 Å². The van der Waals surface area contributed by atoms with Gasteiger partial charge in [0.15, 0.2) is 0 Å². The lowest BCUT2D eigenvalue weighted by Gasteiger charge is -2.35. The number of rotatable bonds is 3. The van der Waals surface area contributed by atoms with Gasteiger partial charge >= 0.3 is 0 Å². The van der Waals surface area contributed by atoms with Crippen LogP contribution in [0.15, 0.2) is 16.8 Å². The van der Waals surface area contributed by atoms with Crippen molar-refractivity contribution in [2.45, 2.75) is 25.4 Å². The molecule has 1 aromatic rings. The molecule has 3 rings (SSSR count). The molecule has 2 aliphatic heterocycles. The summed E-state index contributed by atoms with van der Waals surface area (Å²) < 4.78 is 5.75. The quantitative estimate of drug-likeness (QED) is 0.853. The van der Waals surface area contributed by atoms with Gasteiger partial charge in [0.2, 0.25) is 11.8 Å². The monoisotopic (exact) mass is 308 g/mol. The maximum Gasteiger partial charge on any atom is 0.242 e. The van der Waals surface area contributed by atoms with E-state index >= 15 is 0 Å². The van der Waals surface area contributed by atoms with E-state index in [2.05, 4.69) is 5.38 Å². The molecule has 114 valence electrons. The van der Waals surface area contributed by atoms with Crippen LogP contribution in [0.3, 0.4) is 0 Å². The maximum absolute atomic E-state index is 12.4. The average Bonchev–Trinajstić information content (AvgIpc) is 3.04. The molecular weight excluding hydrogens is 288 g/mol. The Morgan fingerprint density at radius 2 is 2.29 bits per heavy atom. The minimum Gasteiger partial charge on any atom is -0.370 e. The van der Waals surface area contributed by atoms with E-state index in [0.717, 1.165) is 18.4 Å². The highest BCUT2D eigenvalue weighted by molar-refractivity contribution is 7.07. The van der Waals surface area contributed by atoms with E-state index in [1.54, 1.807) is 16.2 Å². The number of hydrogen-bond donors (Lipinski definition) is 0. The summed E-state index contributed by atoms with van der Waals surface area (Å²) >= 11 is 1.64. The lowest BCUT2D eigenvalue weighted by atomic mass is 10.1. The summed E-state index contributed by atoms with van der Waals surface area (Å²) in [5, 5.41) is 4.08. The summed E-state index contributed by atoms with van der Waals surface area (Å²) in [4.78, 5) is 27.7. The van der Waals surface area contributed by atoms with Crippen molar-refractivity contribution in [2.75, 3.05) is 32.8 Å². The molecule has 3 heterocycles. The standard InChI is InChI=1S/C15H20N2O3S/c18-14-3-1-2-5-16(14)10-15(19)17-6-7-20-13(9-17)12-4-8-21-11-12/h4,8,11,13H,1-3,5-7,9-10H2. The van der Waals surface area contributed by atoms with Crippen LogP contribution in [-0.2, 0) is 14.3 Å². The van der Waals surface area contributed by atoms with E-state index in [4.69, 9.17) is 4.74 Å². The van der Waals surface area contributed by atoms with Crippen LogP contribution in [0.2, 0.25) is 0 Å². The first-order chi connectivity index (χ1) is 10.2. The van der Waals surface area contributed by atoms with Gasteiger partial charge in [-0.05, 0) is 35.2 Å². The summed E-state index contributed by atoms with van der Waals surface area (Å²) in [5.41, 5.74) is 1.13. The molecule has 0 radical (unpaired) electrons. The van der Waals surface area contributed by atoms with Crippen molar-refractivity contribution in [2.24, 2.45) is 0 Å². The van der Waals surface area contributed by atoms with Crippen LogP contribution in [0.1, 0.15) is 30.9 Å². The van der Waals surface area contributed by atoms with Crippen molar-refractivity contribution < 1.29 is 14.3 Å². The van der Waals surface area contributed by atoms with Crippen LogP contribution in [0.25, 0.3) is 0 Å². The highest BCUT2D eigenvalue weighted by atomic mass is 32.1. The summed E-state index contributed by atoms with van der Waals surface area (Å²) in [7, 11) is 0. The number of morpholine rings is 1. The predicted molar refractivity (Wildman–Crippen MR) is 80.0 cm³/mol. The van der Waals surface area contributed by atoms with Crippen LogP contribution in [0.4, 0.5) is 0 Å². The fourth-order valence-corrected chi connectivity index (χ4v) is 3.53. The molecule has 1 aromatic heterocycles. The predicted octanol–water partition coefficient (Wildman–Crippen LogP) is 1.66. The zero-order valence-electron chi connectivity index (χ0n) is 12.0. The van der Waals surface area contributed by atoms with Gasteiger partial charge in [-0.2, -0.15) is 11.3 Å². The van der Waals surface area contributed by atoms with E-state index in [9.17, 15) is 9.59 Å². The Balaban J connectivity index is 1.58. The largest absolute Gasteiger partial charge is 0.370 e. The Bertz CT molecular complexity index is 503. The number of hydrogen-bond acceptors (Lipinski definition) is 4. The van der Waals surface area contributed by atoms with E-state index in [0.29, 0.717) is 32.7 Å². The number of carbonyl (C=O) groups excluding carboxylic acids is 2. The number of amides is 2. The molecule has 21 heavy (non-hydrogen) atoms. The van der Waals surface area contributed by atoms with Crippen molar-refractivity contribution in [1.29, 1.82) is 0 Å². The third-order valence-electron chi connectivity index (χ3n) is 4.08. The second-order valence-electron chi connectivity index (χ2n) is 5.53. The van der Waals surface area contributed by atoms with Gasteiger partial charge in [0.05, 0.1) is 19.7 Å². The van der Waals surface area contributed by atoms with E-state index in [1.165, 1.54) is 0 Å². The normalized spacial score (nSPS) is 23.4. The van der Waals surface area contributed by atoms with Crippen LogP contribution in [-0.4, -0.2) is 54.4 Å². The maximum atomic E-state index is 12.4. The van der Waals surface area contributed by atoms with Crippen LogP contribution in [0.5, 0.6) is 0 Å². The smallest absolute Gasteiger partial charge is 0.242 e. The Hall–Kier alpha value is -1.40. The molecule has 0 aromatic carbocycles. The summed E-state index contributed by atoms with van der Waals surface area (Å²) in [6.45, 7) is 2.68. The molecule has 2 fully saturated rings. The van der Waals surface area contributed by atoms with Gasteiger partial charge in [-0.1, -0.05) is 0 Å². The SMILES string of the molecule is O=C1CCCCN1CC(=O)N1CCOC(c2ccsc2)C1. The Kier molecular flexibility index (Phi) is 4.55. The first kappa shape index (κ1) is 14.5. The molecule has 0 aliphatic carbocycles. The van der Waals surface area contributed by atoms with Gasteiger partial charge in [0, 0.05) is 19.5 Å². The Morgan fingerprint density at radius 1 is 1.38 bits per heavy atom. The average molecular weight is 308 g/mol. The fraction of sp³-hybridized carbons (Fsp3) is 0.600. The lowest BCUT2D eigenvalue weighted by molar-refractivity contribution is -0.146. The first-order valence-corrected chi connectivity index (χ1v) is 8.37. The number of nitrogens with zero attached hydrogens (tertiary/aromatic N) is 2. The summed E-state index contributed by atoms with van der Waals surface area (Å²) in [5.74, 6) is 0.144. The fourth-order valence-electron chi connectivity index (χ4n) is 2.83. The zero-order chi connectivity index (χ0) is 14.7. The molecule has 6 heteroatoms. The second kappa shape index (κ2) is 6.58. The van der Waals surface area contributed by atoms with Crippen molar-refractivity contribution in [3.05, 3.63) is 22.4 Å². The molecule has 2 aliphatic rings. The van der Waals surface area contributed by atoms with Crippen LogP contribution in [0, 0.1) is 0 Å². The molecule has 2 saturated heterocycles. The number of likely N-dealkylation sites (tertiary alicyclic amines) is 1. The van der Waals surface area contributed by atoms with Crippen molar-refractivity contribution in [1.82, 2.24) is 9.80 Å². The van der Waals surface area contributed by atoms with Crippen molar-refractivity contribution in [3.8, 4) is 0 Å². The molecule has 0 bridgehead atoms. The number of ether oxygens (including phenoxy) is 1. The van der Waals surface area contributed by atoms with Gasteiger partial charge in [-0.25, -0.2) is 0 Å². The number of thiophene rings is 1. The minimum absolute atomic E-state index is 0.0359. The molecule has 0 spiro atoms. The summed E-state index contributed by atoms with van der Waals surface area (Å²) in [6, 6.07) is 2.04. The van der Waals surface area contributed by atoms with Gasteiger partial charge < -0.3 is 14.5 Å². The number of piperidine rings is 1. The molecule has 5 nitrogen and oxygen atoms in total. The first-order valence-electron chi connectivity index (χ1n) is 7.43. The lowest BCUT2D eigenvalue weighted by Crippen LogP contribution is -2.48. The highest BCUT2D eigenvalue weighted by Gasteiger charge is 2.28. The minimum atomic E-state index is -0.0361. The molecule has 1 atom stereocenters. The zero-order valence-corrected chi connectivity index (χ0v) is 12.8. The van der Waals surface area contributed by atoms with Crippen LogP contribution < -0.4 is 0 Å². The molecule has 0 saturated carbocycles. The van der Waals surface area contributed by atoms with Crippen molar-refractivity contribution >= 4 is 23.2 Å². The number of carbonyl (C=O) groups is 2. The molecular formula is C15H20N2O3S. The topological polar surface area (TPSA) is 49.9 Å². The van der Waals surface area contributed by atoms with E-state index in [-0.39, 0.29) is 24.5 Å². The van der Waals surface area contributed by atoms with Gasteiger partial charge in [0.1, 0.15) is 6.10 Å². The Labute approximate surface area is 128 Å². The van der Waals surface area contributed by atoms with E-state index in [1.807, 2.05) is 16.3 Å². The van der Waals surface area contributed by atoms with Gasteiger partial charge in [-0.15, -0.1) is 0 Å². The van der Waals surface area contributed by atoms with Crippen molar-refractivity contribution in [3.63, 3.8) is 0 Å².